The van der Waals surface area contributed by atoms with E-state index in [1.807, 2.05) is 0 Å². The lowest BCUT2D eigenvalue weighted by Crippen LogP contribution is -3.11. The summed E-state index contributed by atoms with van der Waals surface area (Å²) in [4.78, 5) is 1.58. The molecule has 2 rings (SSSR count). The molecule has 1 unspecified atom stereocenters. The van der Waals surface area contributed by atoms with Crippen LogP contribution in [0, 0.1) is 0 Å². The highest BCUT2D eigenvalue weighted by Crippen LogP contribution is 1.99. The molecule has 0 spiro atoms. The minimum Gasteiger partial charge on any atom is -0.358 e. The van der Waals surface area contributed by atoms with E-state index in [0.717, 1.165) is 26.1 Å². The van der Waals surface area contributed by atoms with Gasteiger partial charge in [-0.3, -0.25) is 5.43 Å². The monoisotopic (exact) mass is 303 g/mol. The van der Waals surface area contributed by atoms with Crippen LogP contribution in [-0.2, 0) is 6.54 Å². The molecule has 5 heteroatoms. The maximum Gasteiger partial charge on any atom is 0.185 e. The Labute approximate surface area is 131 Å². The van der Waals surface area contributed by atoms with E-state index in [-0.39, 0.29) is 0 Å². The van der Waals surface area contributed by atoms with Crippen molar-refractivity contribution in [1.82, 2.24) is 16.2 Å². The van der Waals surface area contributed by atoms with E-state index < -0.39 is 0 Å². The SMILES string of the molecule is C=CCNC(=S)NNC1=CC[NH+](Cc2ccccc2)CC1. The molecule has 1 aliphatic heterocycles. The molecule has 0 fully saturated rings. The number of hydrogen-bond donors (Lipinski definition) is 4. The van der Waals surface area contributed by atoms with Crippen molar-refractivity contribution < 1.29 is 4.90 Å². The highest BCUT2D eigenvalue weighted by Gasteiger charge is 2.15. The van der Waals surface area contributed by atoms with Crippen molar-refractivity contribution in [3.63, 3.8) is 0 Å². The fourth-order valence-corrected chi connectivity index (χ4v) is 2.42. The Hall–Kier alpha value is -1.85. The molecule has 4 N–H and O–H groups in total. The second kappa shape index (κ2) is 8.44. The summed E-state index contributed by atoms with van der Waals surface area (Å²) in [5.41, 5.74) is 8.77. The summed E-state index contributed by atoms with van der Waals surface area (Å²) >= 11 is 5.13. The van der Waals surface area contributed by atoms with Crippen LogP contribution in [0.1, 0.15) is 12.0 Å². The molecule has 4 nitrogen and oxygen atoms in total. The van der Waals surface area contributed by atoms with Crippen LogP contribution >= 0.6 is 12.2 Å². The highest BCUT2D eigenvalue weighted by molar-refractivity contribution is 7.80. The molecule has 1 aliphatic rings. The number of benzene rings is 1. The van der Waals surface area contributed by atoms with Gasteiger partial charge in [0, 0.05) is 24.2 Å². The van der Waals surface area contributed by atoms with Crippen LogP contribution in [0.4, 0.5) is 0 Å². The number of thiocarbonyl (C=S) groups is 1. The number of hydrogen-bond acceptors (Lipinski definition) is 2. The Morgan fingerprint density at radius 3 is 2.81 bits per heavy atom. The molecule has 0 saturated carbocycles. The van der Waals surface area contributed by atoms with Gasteiger partial charge in [-0.2, -0.15) is 0 Å². The second-order valence-electron chi connectivity index (χ2n) is 5.09. The zero-order valence-corrected chi connectivity index (χ0v) is 13.0. The number of nitrogens with one attached hydrogen (secondary N) is 4. The predicted octanol–water partition coefficient (Wildman–Crippen LogP) is 0.514. The van der Waals surface area contributed by atoms with Crippen LogP contribution in [-0.4, -0.2) is 24.7 Å². The molecule has 0 aliphatic carbocycles. The molecule has 0 amide bonds. The average Bonchev–Trinajstić information content (AvgIpc) is 2.53. The smallest absolute Gasteiger partial charge is 0.185 e. The van der Waals surface area contributed by atoms with Gasteiger partial charge in [-0.05, 0) is 18.3 Å². The van der Waals surface area contributed by atoms with Gasteiger partial charge in [-0.25, -0.2) is 0 Å². The van der Waals surface area contributed by atoms with Crippen LogP contribution in [0.2, 0.25) is 0 Å². The third kappa shape index (κ3) is 5.57. The standard InChI is InChI=1S/C16H22N4S/c1-2-10-17-16(21)19-18-15-8-11-20(12-9-15)13-14-6-4-3-5-7-14/h2-8,18H,1,9-13H2,(H2,17,19,21)/p+1. The lowest BCUT2D eigenvalue weighted by molar-refractivity contribution is -0.909. The van der Waals surface area contributed by atoms with Crippen molar-refractivity contribution in [3.05, 3.63) is 60.3 Å². The largest absolute Gasteiger partial charge is 0.358 e. The zero-order chi connectivity index (χ0) is 14.9. The van der Waals surface area contributed by atoms with Crippen molar-refractivity contribution in [2.24, 2.45) is 0 Å². The molecule has 0 saturated heterocycles. The second-order valence-corrected chi connectivity index (χ2v) is 5.50. The van der Waals surface area contributed by atoms with Gasteiger partial charge >= 0.3 is 0 Å². The van der Waals surface area contributed by atoms with Gasteiger partial charge in [0.15, 0.2) is 5.11 Å². The first-order chi connectivity index (χ1) is 10.3. The Morgan fingerprint density at radius 2 is 2.14 bits per heavy atom. The first-order valence-electron chi connectivity index (χ1n) is 7.25. The minimum atomic E-state index is 0.592. The van der Waals surface area contributed by atoms with Gasteiger partial charge in [-0.15, -0.1) is 6.58 Å². The van der Waals surface area contributed by atoms with Crippen LogP contribution in [0.3, 0.4) is 0 Å². The zero-order valence-electron chi connectivity index (χ0n) is 12.2. The van der Waals surface area contributed by atoms with Gasteiger partial charge in [-0.1, -0.05) is 36.4 Å². The van der Waals surface area contributed by atoms with Gasteiger partial charge in [0.1, 0.15) is 6.54 Å². The van der Waals surface area contributed by atoms with E-state index in [1.165, 1.54) is 11.3 Å². The van der Waals surface area contributed by atoms with E-state index in [0.29, 0.717) is 11.7 Å². The molecule has 1 aromatic rings. The maximum absolute atomic E-state index is 5.13. The van der Waals surface area contributed by atoms with Gasteiger partial charge < -0.3 is 15.6 Å². The van der Waals surface area contributed by atoms with Crippen molar-refractivity contribution in [2.75, 3.05) is 19.6 Å². The van der Waals surface area contributed by atoms with Gasteiger partial charge in [0.25, 0.3) is 0 Å². The molecule has 0 aromatic heterocycles. The topological polar surface area (TPSA) is 40.5 Å². The maximum atomic E-state index is 5.13. The molecule has 21 heavy (non-hydrogen) atoms. The predicted molar refractivity (Wildman–Crippen MR) is 90.6 cm³/mol. The van der Waals surface area contributed by atoms with E-state index >= 15 is 0 Å². The summed E-state index contributed by atoms with van der Waals surface area (Å²) in [6.45, 7) is 7.55. The van der Waals surface area contributed by atoms with Gasteiger partial charge in [0.2, 0.25) is 0 Å². The summed E-state index contributed by atoms with van der Waals surface area (Å²) in [7, 11) is 0. The normalized spacial score (nSPS) is 17.5. The van der Waals surface area contributed by atoms with E-state index in [9.17, 15) is 0 Å². The Balaban J connectivity index is 1.72. The molecule has 1 heterocycles. The lowest BCUT2D eigenvalue weighted by atomic mass is 10.1. The van der Waals surface area contributed by atoms with Crippen molar-refractivity contribution in [2.45, 2.75) is 13.0 Å². The average molecular weight is 303 g/mol. The summed E-state index contributed by atoms with van der Waals surface area (Å²) < 4.78 is 0. The first kappa shape index (κ1) is 15.5. The van der Waals surface area contributed by atoms with E-state index in [2.05, 4.69) is 59.2 Å². The third-order valence-corrected chi connectivity index (χ3v) is 3.67. The van der Waals surface area contributed by atoms with Crippen LogP contribution < -0.4 is 21.1 Å². The molecule has 1 aromatic carbocycles. The highest BCUT2D eigenvalue weighted by atomic mass is 32.1. The molecule has 0 radical (unpaired) electrons. The summed E-state index contributed by atoms with van der Waals surface area (Å²) in [6, 6.07) is 10.6. The number of hydrazine groups is 1. The minimum absolute atomic E-state index is 0.592. The quantitative estimate of drug-likeness (QED) is 0.351. The summed E-state index contributed by atoms with van der Waals surface area (Å²) in [6.07, 6.45) is 5.04. The summed E-state index contributed by atoms with van der Waals surface area (Å²) in [5, 5.41) is 3.61. The first-order valence-corrected chi connectivity index (χ1v) is 7.66. The Kier molecular flexibility index (Phi) is 6.24. The fourth-order valence-electron chi connectivity index (χ4n) is 2.29. The van der Waals surface area contributed by atoms with Crippen molar-refractivity contribution >= 4 is 17.3 Å². The number of rotatable bonds is 6. The Bertz CT molecular complexity index is 498. The molecule has 112 valence electrons. The van der Waals surface area contributed by atoms with E-state index in [4.69, 9.17) is 12.2 Å². The van der Waals surface area contributed by atoms with Crippen LogP contribution in [0.15, 0.2) is 54.8 Å². The van der Waals surface area contributed by atoms with Crippen LogP contribution in [0.25, 0.3) is 0 Å². The van der Waals surface area contributed by atoms with Crippen molar-refractivity contribution in [3.8, 4) is 0 Å². The van der Waals surface area contributed by atoms with Gasteiger partial charge in [0.05, 0.1) is 13.1 Å². The van der Waals surface area contributed by atoms with Crippen molar-refractivity contribution in [1.29, 1.82) is 0 Å². The Morgan fingerprint density at radius 1 is 1.33 bits per heavy atom. The third-order valence-electron chi connectivity index (χ3n) is 3.43. The fraction of sp³-hybridized carbons (Fsp3) is 0.312. The van der Waals surface area contributed by atoms with E-state index in [1.54, 1.807) is 11.0 Å². The molecule has 1 atom stereocenters. The number of quaternary nitrogens is 1. The molecular formula is C16H23N4S+. The summed E-state index contributed by atoms with van der Waals surface area (Å²) in [5.74, 6) is 0. The molecular weight excluding hydrogens is 280 g/mol. The lowest BCUT2D eigenvalue weighted by Gasteiger charge is -2.24. The van der Waals surface area contributed by atoms with Crippen LogP contribution in [0.5, 0.6) is 0 Å². The molecule has 0 bridgehead atoms.